The van der Waals surface area contributed by atoms with Gasteiger partial charge >= 0.3 is 0 Å². The normalized spacial score (nSPS) is 12.4. The SMILES string of the molecule is CN(CC(=O)Nc1cc(C(C)(C)C)nn1C)S(=O)(=O)c1ccc(Cl)cc1. The zero-order valence-corrected chi connectivity index (χ0v) is 17.0. The number of halogens is 1. The van der Waals surface area contributed by atoms with Gasteiger partial charge in [-0.2, -0.15) is 9.40 Å². The number of benzene rings is 1. The molecule has 1 N–H and O–H groups in total. The fourth-order valence-corrected chi connectivity index (χ4v) is 3.46. The van der Waals surface area contributed by atoms with Crippen molar-refractivity contribution >= 4 is 33.3 Å². The number of rotatable bonds is 5. The second-order valence-electron chi connectivity index (χ2n) is 7.05. The number of sulfonamides is 1. The fourth-order valence-electron chi connectivity index (χ4n) is 2.21. The van der Waals surface area contributed by atoms with Gasteiger partial charge in [0.15, 0.2) is 0 Å². The predicted molar refractivity (Wildman–Crippen MR) is 102 cm³/mol. The number of amides is 1. The Balaban J connectivity index is 2.10. The summed E-state index contributed by atoms with van der Waals surface area (Å²) in [4.78, 5) is 12.4. The highest BCUT2D eigenvalue weighted by Crippen LogP contribution is 2.23. The first-order valence-electron chi connectivity index (χ1n) is 7.97. The van der Waals surface area contributed by atoms with E-state index >= 15 is 0 Å². The molecule has 0 spiro atoms. The van der Waals surface area contributed by atoms with Crippen LogP contribution in [0.1, 0.15) is 26.5 Å². The van der Waals surface area contributed by atoms with Crippen LogP contribution in [-0.2, 0) is 27.3 Å². The summed E-state index contributed by atoms with van der Waals surface area (Å²) in [6.07, 6.45) is 0. The summed E-state index contributed by atoms with van der Waals surface area (Å²) in [7, 11) is -0.704. The van der Waals surface area contributed by atoms with Gasteiger partial charge in [-0.15, -0.1) is 0 Å². The molecule has 0 atom stereocenters. The van der Waals surface area contributed by atoms with Gasteiger partial charge in [0.1, 0.15) is 5.82 Å². The Labute approximate surface area is 159 Å². The number of carbonyl (C=O) groups is 1. The summed E-state index contributed by atoms with van der Waals surface area (Å²) in [5, 5.41) is 7.52. The lowest BCUT2D eigenvalue weighted by Gasteiger charge is -2.17. The van der Waals surface area contributed by atoms with E-state index < -0.39 is 15.9 Å². The Morgan fingerprint density at radius 3 is 2.35 bits per heavy atom. The summed E-state index contributed by atoms with van der Waals surface area (Å²) in [6, 6.07) is 7.58. The van der Waals surface area contributed by atoms with Crippen LogP contribution in [0.4, 0.5) is 5.82 Å². The molecule has 0 fully saturated rings. The minimum Gasteiger partial charge on any atom is -0.310 e. The van der Waals surface area contributed by atoms with Crippen LogP contribution in [0.3, 0.4) is 0 Å². The lowest BCUT2D eigenvalue weighted by Crippen LogP contribution is -2.35. The van der Waals surface area contributed by atoms with Gasteiger partial charge in [0.05, 0.1) is 17.1 Å². The van der Waals surface area contributed by atoms with E-state index in [2.05, 4.69) is 10.4 Å². The molecule has 0 saturated heterocycles. The minimum absolute atomic E-state index is 0.0766. The van der Waals surface area contributed by atoms with Crippen LogP contribution in [0.5, 0.6) is 0 Å². The second kappa shape index (κ2) is 7.38. The molecule has 9 heteroatoms. The standard InChI is InChI=1S/C17H23ClN4O3S/c1-17(2,3)14-10-15(22(5)20-14)19-16(23)11-21(4)26(24,25)13-8-6-12(18)7-9-13/h6-10H,11H2,1-5H3,(H,19,23). The van der Waals surface area contributed by atoms with Crippen molar-refractivity contribution in [3.8, 4) is 0 Å². The second-order valence-corrected chi connectivity index (χ2v) is 9.53. The monoisotopic (exact) mass is 398 g/mol. The van der Waals surface area contributed by atoms with Crippen molar-refractivity contribution in [2.75, 3.05) is 18.9 Å². The smallest absolute Gasteiger partial charge is 0.243 e. The van der Waals surface area contributed by atoms with Gasteiger partial charge in [-0.1, -0.05) is 32.4 Å². The highest BCUT2D eigenvalue weighted by atomic mass is 35.5. The summed E-state index contributed by atoms with van der Waals surface area (Å²) < 4.78 is 27.6. The maximum Gasteiger partial charge on any atom is 0.243 e. The van der Waals surface area contributed by atoms with Gasteiger partial charge in [-0.3, -0.25) is 9.48 Å². The molecule has 1 heterocycles. The number of likely N-dealkylation sites (N-methyl/N-ethyl adjacent to an activating group) is 1. The van der Waals surface area contributed by atoms with E-state index in [0.29, 0.717) is 10.8 Å². The summed E-state index contributed by atoms with van der Waals surface area (Å²) >= 11 is 5.78. The molecule has 26 heavy (non-hydrogen) atoms. The van der Waals surface area contributed by atoms with Crippen LogP contribution in [0.2, 0.25) is 5.02 Å². The lowest BCUT2D eigenvalue weighted by molar-refractivity contribution is -0.116. The molecular formula is C17H23ClN4O3S. The Hall–Kier alpha value is -1.90. The third-order valence-corrected chi connectivity index (χ3v) is 5.87. The number of nitrogens with one attached hydrogen (secondary N) is 1. The van der Waals surface area contributed by atoms with E-state index in [9.17, 15) is 13.2 Å². The van der Waals surface area contributed by atoms with E-state index in [1.807, 2.05) is 20.8 Å². The number of aryl methyl sites for hydroxylation is 1. The molecule has 7 nitrogen and oxygen atoms in total. The molecule has 0 aliphatic carbocycles. The summed E-state index contributed by atoms with van der Waals surface area (Å²) in [5.74, 6) is 0.0608. The van der Waals surface area contributed by atoms with E-state index in [4.69, 9.17) is 11.6 Å². The molecule has 2 aromatic rings. The highest BCUT2D eigenvalue weighted by molar-refractivity contribution is 7.89. The fraction of sp³-hybridized carbons (Fsp3) is 0.412. The maximum atomic E-state index is 12.5. The van der Waals surface area contributed by atoms with Crippen LogP contribution >= 0.6 is 11.6 Å². The third-order valence-electron chi connectivity index (χ3n) is 3.80. The van der Waals surface area contributed by atoms with E-state index in [-0.39, 0.29) is 16.9 Å². The van der Waals surface area contributed by atoms with Gasteiger partial charge in [0.2, 0.25) is 15.9 Å². The lowest BCUT2D eigenvalue weighted by atomic mass is 9.92. The first-order chi connectivity index (χ1) is 11.9. The number of anilines is 1. The van der Waals surface area contributed by atoms with Gasteiger partial charge in [-0.25, -0.2) is 8.42 Å². The topological polar surface area (TPSA) is 84.3 Å². The number of nitrogens with zero attached hydrogens (tertiary/aromatic N) is 3. The molecule has 0 bridgehead atoms. The molecule has 142 valence electrons. The van der Waals surface area contributed by atoms with Crippen molar-refractivity contribution < 1.29 is 13.2 Å². The molecule has 0 unspecified atom stereocenters. The molecular weight excluding hydrogens is 376 g/mol. The van der Waals surface area contributed by atoms with Crippen molar-refractivity contribution in [1.82, 2.24) is 14.1 Å². The zero-order chi connectivity index (χ0) is 19.7. The molecule has 0 saturated carbocycles. The van der Waals surface area contributed by atoms with Crippen LogP contribution in [0.15, 0.2) is 35.2 Å². The van der Waals surface area contributed by atoms with Gasteiger partial charge in [-0.05, 0) is 24.3 Å². The minimum atomic E-state index is -3.78. The summed E-state index contributed by atoms with van der Waals surface area (Å²) in [6.45, 7) is 5.75. The molecule has 0 aliphatic rings. The van der Waals surface area contributed by atoms with Crippen LogP contribution in [0, 0.1) is 0 Å². The molecule has 1 aromatic carbocycles. The summed E-state index contributed by atoms with van der Waals surface area (Å²) in [5.41, 5.74) is 0.674. The quantitative estimate of drug-likeness (QED) is 0.839. The Kier molecular flexibility index (Phi) is 5.79. The third kappa shape index (κ3) is 4.63. The average Bonchev–Trinajstić information content (AvgIpc) is 2.88. The predicted octanol–water partition coefficient (Wildman–Crippen LogP) is 2.63. The highest BCUT2D eigenvalue weighted by Gasteiger charge is 2.24. The van der Waals surface area contributed by atoms with Crippen LogP contribution < -0.4 is 5.32 Å². The number of hydrogen-bond donors (Lipinski definition) is 1. The van der Waals surface area contributed by atoms with Crippen molar-refractivity contribution in [2.24, 2.45) is 7.05 Å². The Morgan fingerprint density at radius 1 is 1.27 bits per heavy atom. The zero-order valence-electron chi connectivity index (χ0n) is 15.4. The number of carbonyl (C=O) groups excluding carboxylic acids is 1. The average molecular weight is 399 g/mol. The maximum absolute atomic E-state index is 12.5. The Morgan fingerprint density at radius 2 is 1.85 bits per heavy atom. The first kappa shape index (κ1) is 20.4. The van der Waals surface area contributed by atoms with E-state index in [0.717, 1.165) is 10.00 Å². The van der Waals surface area contributed by atoms with Gasteiger partial charge in [0, 0.05) is 30.6 Å². The van der Waals surface area contributed by atoms with E-state index in [1.165, 1.54) is 31.3 Å². The molecule has 0 aliphatic heterocycles. The number of aromatic nitrogens is 2. The van der Waals surface area contributed by atoms with Crippen LogP contribution in [0.25, 0.3) is 0 Å². The van der Waals surface area contributed by atoms with Crippen molar-refractivity contribution in [2.45, 2.75) is 31.1 Å². The number of hydrogen-bond acceptors (Lipinski definition) is 4. The van der Waals surface area contributed by atoms with Crippen molar-refractivity contribution in [1.29, 1.82) is 0 Å². The molecule has 1 aromatic heterocycles. The molecule has 1 amide bonds. The molecule has 0 radical (unpaired) electrons. The Bertz CT molecular complexity index is 899. The van der Waals surface area contributed by atoms with E-state index in [1.54, 1.807) is 17.8 Å². The largest absolute Gasteiger partial charge is 0.310 e. The van der Waals surface area contributed by atoms with Crippen LogP contribution in [-0.4, -0.2) is 42.0 Å². The van der Waals surface area contributed by atoms with Gasteiger partial charge < -0.3 is 5.32 Å². The first-order valence-corrected chi connectivity index (χ1v) is 9.79. The van der Waals surface area contributed by atoms with Crippen molar-refractivity contribution in [3.63, 3.8) is 0 Å². The van der Waals surface area contributed by atoms with Gasteiger partial charge in [0.25, 0.3) is 0 Å². The van der Waals surface area contributed by atoms with Crippen molar-refractivity contribution in [3.05, 3.63) is 41.0 Å². The molecule has 2 rings (SSSR count).